The van der Waals surface area contributed by atoms with Crippen LogP contribution in [-0.2, 0) is 16.3 Å². The van der Waals surface area contributed by atoms with E-state index in [4.69, 9.17) is 27.9 Å². The monoisotopic (exact) mass is 386 g/mol. The average Bonchev–Trinajstić information content (AvgIpc) is 2.56. The van der Waals surface area contributed by atoms with Gasteiger partial charge in [-0.15, -0.1) is 0 Å². The van der Waals surface area contributed by atoms with Gasteiger partial charge in [-0.2, -0.15) is 0 Å². The Morgan fingerprint density at radius 1 is 1.21 bits per heavy atom. The first kappa shape index (κ1) is 17.4. The van der Waals surface area contributed by atoms with Gasteiger partial charge in [-0.1, -0.05) is 41.4 Å². The fraction of sp³-hybridized carbons (Fsp3) is 0.294. The summed E-state index contributed by atoms with van der Waals surface area (Å²) in [5, 5.41) is 10.0. The number of rotatable bonds is 4. The number of aromatic hydroxyl groups is 1. The molecule has 4 nitrogen and oxygen atoms in total. The number of fused-ring (bicyclic) bond motifs is 1. The molecule has 0 spiro atoms. The summed E-state index contributed by atoms with van der Waals surface area (Å²) in [5.41, 5.74) is 1.08. The topological polar surface area (TPSA) is 63.6 Å². The van der Waals surface area contributed by atoms with E-state index in [9.17, 15) is 13.5 Å². The van der Waals surface area contributed by atoms with Crippen LogP contribution in [0, 0.1) is 5.92 Å². The molecule has 0 amide bonds. The highest BCUT2D eigenvalue weighted by atomic mass is 35.5. The molecular weight excluding hydrogens is 371 g/mol. The van der Waals surface area contributed by atoms with Crippen molar-refractivity contribution in [3.63, 3.8) is 0 Å². The molecule has 0 saturated carbocycles. The van der Waals surface area contributed by atoms with E-state index >= 15 is 0 Å². The van der Waals surface area contributed by atoms with Gasteiger partial charge in [0.2, 0.25) is 0 Å². The highest BCUT2D eigenvalue weighted by molar-refractivity contribution is 7.91. The van der Waals surface area contributed by atoms with Crippen LogP contribution in [0.15, 0.2) is 41.3 Å². The van der Waals surface area contributed by atoms with Gasteiger partial charge in [-0.05, 0) is 42.5 Å². The minimum Gasteiger partial charge on any atom is -0.505 e. The summed E-state index contributed by atoms with van der Waals surface area (Å²) in [6, 6.07) is 10.3. The molecule has 2 aromatic rings. The van der Waals surface area contributed by atoms with Gasteiger partial charge in [0.15, 0.2) is 15.6 Å². The van der Waals surface area contributed by atoms with Gasteiger partial charge in [0.25, 0.3) is 0 Å². The highest BCUT2D eigenvalue weighted by Gasteiger charge is 2.25. The fourth-order valence-corrected chi connectivity index (χ4v) is 4.98. The molecule has 1 unspecified atom stereocenters. The van der Waals surface area contributed by atoms with E-state index < -0.39 is 15.6 Å². The number of sulfone groups is 1. The van der Waals surface area contributed by atoms with Gasteiger partial charge in [-0.3, -0.25) is 0 Å². The smallest absolute Gasteiger partial charge is 0.182 e. The molecule has 1 atom stereocenters. The Balaban J connectivity index is 1.73. The number of phenolic OH excluding ortho intramolecular Hbond substituents is 1. The third-order valence-electron chi connectivity index (χ3n) is 4.08. The largest absolute Gasteiger partial charge is 0.505 e. The van der Waals surface area contributed by atoms with Crippen LogP contribution in [0.1, 0.15) is 12.0 Å². The zero-order valence-corrected chi connectivity index (χ0v) is 15.0. The molecule has 0 aliphatic carbocycles. The second-order valence-electron chi connectivity index (χ2n) is 5.83. The normalized spacial score (nSPS) is 17.2. The van der Waals surface area contributed by atoms with Crippen LogP contribution >= 0.6 is 23.2 Å². The van der Waals surface area contributed by atoms with Crippen molar-refractivity contribution in [2.75, 3.05) is 12.4 Å². The number of para-hydroxylation sites is 1. The van der Waals surface area contributed by atoms with E-state index in [1.54, 1.807) is 0 Å². The third-order valence-corrected chi connectivity index (χ3v) is 6.34. The molecule has 24 heavy (non-hydrogen) atoms. The minimum atomic E-state index is -3.69. The van der Waals surface area contributed by atoms with E-state index in [0.717, 1.165) is 17.7 Å². The van der Waals surface area contributed by atoms with Crippen LogP contribution in [0.3, 0.4) is 0 Å². The van der Waals surface area contributed by atoms with Crippen molar-refractivity contribution in [1.82, 2.24) is 0 Å². The Bertz CT molecular complexity index is 865. The Kier molecular flexibility index (Phi) is 4.95. The van der Waals surface area contributed by atoms with Gasteiger partial charge < -0.3 is 9.84 Å². The molecule has 0 radical (unpaired) electrons. The standard InChI is InChI=1S/C17H16Cl2O4S/c18-13-8-14(19)17(20)16(9-13)24(21,22)6-5-11-7-12-3-1-2-4-15(12)23-10-11/h1-4,8-9,11,20H,5-7,10H2. The van der Waals surface area contributed by atoms with E-state index in [2.05, 4.69) is 0 Å². The number of ether oxygens (including phenoxy) is 1. The van der Waals surface area contributed by atoms with Crippen molar-refractivity contribution in [2.45, 2.75) is 17.7 Å². The summed E-state index contributed by atoms with van der Waals surface area (Å²) in [5.74, 6) is 0.404. The Morgan fingerprint density at radius 3 is 2.75 bits per heavy atom. The van der Waals surface area contributed by atoms with Crippen molar-refractivity contribution >= 4 is 33.0 Å². The minimum absolute atomic E-state index is 0.0731. The van der Waals surface area contributed by atoms with Crippen LogP contribution in [-0.4, -0.2) is 25.9 Å². The summed E-state index contributed by atoms with van der Waals surface area (Å²) in [4.78, 5) is -0.225. The lowest BCUT2D eigenvalue weighted by Crippen LogP contribution is -2.23. The first-order chi connectivity index (χ1) is 11.4. The van der Waals surface area contributed by atoms with Gasteiger partial charge in [-0.25, -0.2) is 8.42 Å². The van der Waals surface area contributed by atoms with Crippen molar-refractivity contribution in [3.05, 3.63) is 52.0 Å². The zero-order chi connectivity index (χ0) is 17.3. The number of halogens is 2. The molecule has 0 bridgehead atoms. The average molecular weight is 387 g/mol. The van der Waals surface area contributed by atoms with Crippen molar-refractivity contribution in [2.24, 2.45) is 5.92 Å². The summed E-state index contributed by atoms with van der Waals surface area (Å²) in [6.45, 7) is 0.481. The molecule has 1 aliphatic heterocycles. The van der Waals surface area contributed by atoms with Crippen LogP contribution in [0.4, 0.5) is 0 Å². The van der Waals surface area contributed by atoms with Crippen molar-refractivity contribution < 1.29 is 18.3 Å². The maximum Gasteiger partial charge on any atom is 0.182 e. The molecule has 3 rings (SSSR count). The Morgan fingerprint density at radius 2 is 1.96 bits per heavy atom. The number of benzene rings is 2. The van der Waals surface area contributed by atoms with Crippen LogP contribution in [0.2, 0.25) is 10.0 Å². The lowest BCUT2D eigenvalue weighted by Gasteiger charge is -2.25. The van der Waals surface area contributed by atoms with Crippen molar-refractivity contribution in [3.8, 4) is 11.5 Å². The van der Waals surface area contributed by atoms with E-state index in [0.29, 0.717) is 13.0 Å². The van der Waals surface area contributed by atoms with Gasteiger partial charge in [0.1, 0.15) is 10.6 Å². The first-order valence-electron chi connectivity index (χ1n) is 7.48. The second kappa shape index (κ2) is 6.82. The van der Waals surface area contributed by atoms with Crippen LogP contribution in [0.25, 0.3) is 0 Å². The van der Waals surface area contributed by atoms with E-state index in [1.807, 2.05) is 24.3 Å². The van der Waals surface area contributed by atoms with Gasteiger partial charge in [0.05, 0.1) is 17.4 Å². The molecule has 128 valence electrons. The van der Waals surface area contributed by atoms with E-state index in [1.165, 1.54) is 12.1 Å². The van der Waals surface area contributed by atoms with Crippen molar-refractivity contribution in [1.29, 1.82) is 0 Å². The summed E-state index contributed by atoms with van der Waals surface area (Å²) >= 11 is 11.7. The fourth-order valence-electron chi connectivity index (χ4n) is 2.79. The predicted molar refractivity (Wildman–Crippen MR) is 93.9 cm³/mol. The predicted octanol–water partition coefficient (Wildman–Crippen LogP) is 4.11. The maximum atomic E-state index is 12.5. The van der Waals surface area contributed by atoms with E-state index in [-0.39, 0.29) is 26.6 Å². The molecule has 1 N–H and O–H groups in total. The maximum absolute atomic E-state index is 12.5. The molecular formula is C17H16Cl2O4S. The molecule has 7 heteroatoms. The molecule has 2 aromatic carbocycles. The van der Waals surface area contributed by atoms with Crippen LogP contribution < -0.4 is 4.74 Å². The molecule has 0 saturated heterocycles. The first-order valence-corrected chi connectivity index (χ1v) is 9.89. The second-order valence-corrected chi connectivity index (χ2v) is 8.75. The summed E-state index contributed by atoms with van der Waals surface area (Å²) in [7, 11) is -3.69. The number of hydrogen-bond acceptors (Lipinski definition) is 4. The number of hydrogen-bond donors (Lipinski definition) is 1. The molecule has 0 aromatic heterocycles. The number of phenols is 1. The van der Waals surface area contributed by atoms with Crippen LogP contribution in [0.5, 0.6) is 11.5 Å². The van der Waals surface area contributed by atoms with Gasteiger partial charge >= 0.3 is 0 Å². The summed E-state index contributed by atoms with van der Waals surface area (Å²) in [6.07, 6.45) is 1.20. The highest BCUT2D eigenvalue weighted by Crippen LogP contribution is 2.35. The molecule has 0 fully saturated rings. The lowest BCUT2D eigenvalue weighted by atomic mass is 9.95. The Labute approximate surface area is 150 Å². The van der Waals surface area contributed by atoms with Gasteiger partial charge in [0, 0.05) is 5.02 Å². The zero-order valence-electron chi connectivity index (χ0n) is 12.7. The summed E-state index contributed by atoms with van der Waals surface area (Å²) < 4.78 is 30.7. The quantitative estimate of drug-likeness (QED) is 0.858. The lowest BCUT2D eigenvalue weighted by molar-refractivity contribution is 0.219. The SMILES string of the molecule is O=S(=O)(CCC1COc2ccccc2C1)c1cc(Cl)cc(Cl)c1O. The molecule has 1 aliphatic rings. The third kappa shape index (κ3) is 3.63. The molecule has 1 heterocycles. The Hall–Kier alpha value is -1.43.